The number of nitrogens with zero attached hydrogens (tertiary/aromatic N) is 1. The van der Waals surface area contributed by atoms with Crippen molar-refractivity contribution >= 4 is 27.3 Å². The summed E-state index contributed by atoms with van der Waals surface area (Å²) in [4.78, 5) is 12.5. The number of sulfonamides is 1. The van der Waals surface area contributed by atoms with E-state index in [0.29, 0.717) is 23.7 Å². The van der Waals surface area contributed by atoms with E-state index in [0.717, 1.165) is 27.3 Å². The SMILES string of the molecule is CCOc1cccc(NC(=O)CN(c2c(C)cc(C)cc2C)S(C)(=O)=O)c1. The second-order valence-electron chi connectivity index (χ2n) is 6.53. The number of amides is 1. The van der Waals surface area contributed by atoms with Gasteiger partial charge in [-0.3, -0.25) is 9.10 Å². The lowest BCUT2D eigenvalue weighted by Crippen LogP contribution is -2.38. The molecule has 2 aromatic carbocycles. The maximum atomic E-state index is 12.5. The van der Waals surface area contributed by atoms with Crippen LogP contribution >= 0.6 is 0 Å². The highest BCUT2D eigenvalue weighted by atomic mass is 32.2. The summed E-state index contributed by atoms with van der Waals surface area (Å²) in [5, 5.41) is 2.74. The van der Waals surface area contributed by atoms with Gasteiger partial charge in [-0.25, -0.2) is 8.42 Å². The van der Waals surface area contributed by atoms with Crippen molar-refractivity contribution in [3.05, 3.63) is 53.1 Å². The second-order valence-corrected chi connectivity index (χ2v) is 8.43. The van der Waals surface area contributed by atoms with Crippen molar-refractivity contribution in [3.8, 4) is 5.75 Å². The number of aryl methyl sites for hydroxylation is 3. The Bertz CT molecular complexity index is 916. The van der Waals surface area contributed by atoms with E-state index in [-0.39, 0.29) is 6.54 Å². The van der Waals surface area contributed by atoms with Crippen LogP contribution in [0.2, 0.25) is 0 Å². The Morgan fingerprint density at radius 2 is 1.74 bits per heavy atom. The van der Waals surface area contributed by atoms with Crippen molar-refractivity contribution in [1.82, 2.24) is 0 Å². The van der Waals surface area contributed by atoms with Crippen LogP contribution in [0.5, 0.6) is 5.75 Å². The molecule has 6 nitrogen and oxygen atoms in total. The zero-order chi connectivity index (χ0) is 20.2. The summed E-state index contributed by atoms with van der Waals surface area (Å²) in [6.07, 6.45) is 1.11. The van der Waals surface area contributed by atoms with Crippen LogP contribution in [0.4, 0.5) is 11.4 Å². The molecule has 0 unspecified atom stereocenters. The van der Waals surface area contributed by atoms with Gasteiger partial charge in [-0.2, -0.15) is 0 Å². The number of benzene rings is 2. The van der Waals surface area contributed by atoms with Crippen molar-refractivity contribution in [2.24, 2.45) is 0 Å². The highest BCUT2D eigenvalue weighted by Crippen LogP contribution is 2.28. The van der Waals surface area contributed by atoms with Crippen molar-refractivity contribution in [2.45, 2.75) is 27.7 Å². The number of nitrogens with one attached hydrogen (secondary N) is 1. The molecule has 0 bridgehead atoms. The van der Waals surface area contributed by atoms with Gasteiger partial charge in [0, 0.05) is 11.8 Å². The molecule has 0 atom stereocenters. The molecule has 2 aromatic rings. The van der Waals surface area contributed by atoms with E-state index in [1.165, 1.54) is 0 Å². The summed E-state index contributed by atoms with van der Waals surface area (Å²) in [5.74, 6) is 0.217. The molecule has 0 radical (unpaired) electrons. The van der Waals surface area contributed by atoms with E-state index in [1.54, 1.807) is 24.3 Å². The fraction of sp³-hybridized carbons (Fsp3) is 0.350. The summed E-state index contributed by atoms with van der Waals surface area (Å²) in [6, 6.07) is 10.8. The quantitative estimate of drug-likeness (QED) is 0.786. The van der Waals surface area contributed by atoms with Crippen LogP contribution in [-0.2, 0) is 14.8 Å². The second kappa shape index (κ2) is 8.43. The van der Waals surface area contributed by atoms with Gasteiger partial charge in [0.2, 0.25) is 15.9 Å². The van der Waals surface area contributed by atoms with Crippen molar-refractivity contribution < 1.29 is 17.9 Å². The van der Waals surface area contributed by atoms with Gasteiger partial charge >= 0.3 is 0 Å². The molecule has 0 spiro atoms. The Morgan fingerprint density at radius 3 is 2.30 bits per heavy atom. The van der Waals surface area contributed by atoms with Crippen LogP contribution in [0, 0.1) is 20.8 Å². The van der Waals surface area contributed by atoms with Gasteiger partial charge in [-0.1, -0.05) is 23.8 Å². The van der Waals surface area contributed by atoms with Crippen molar-refractivity contribution in [1.29, 1.82) is 0 Å². The fourth-order valence-corrected chi connectivity index (χ4v) is 4.06. The summed E-state index contributed by atoms with van der Waals surface area (Å²) in [5.41, 5.74) is 3.76. The minimum absolute atomic E-state index is 0.303. The van der Waals surface area contributed by atoms with Crippen LogP contribution in [0.15, 0.2) is 36.4 Å². The van der Waals surface area contributed by atoms with Crippen LogP contribution < -0.4 is 14.4 Å². The average molecular weight is 391 g/mol. The highest BCUT2D eigenvalue weighted by Gasteiger charge is 2.24. The Labute approximate surface area is 161 Å². The highest BCUT2D eigenvalue weighted by molar-refractivity contribution is 7.92. The summed E-state index contributed by atoms with van der Waals surface area (Å²) < 4.78 is 31.3. The molecule has 0 aliphatic carbocycles. The summed E-state index contributed by atoms with van der Waals surface area (Å²) >= 11 is 0. The van der Waals surface area contributed by atoms with Gasteiger partial charge < -0.3 is 10.1 Å². The molecular formula is C20H26N2O4S. The summed E-state index contributed by atoms with van der Waals surface area (Å²) in [6.45, 7) is 7.73. The number of anilines is 2. The monoisotopic (exact) mass is 390 g/mol. The third-order valence-corrected chi connectivity index (χ3v) is 5.11. The molecule has 0 saturated carbocycles. The van der Waals surface area contributed by atoms with E-state index in [9.17, 15) is 13.2 Å². The molecule has 0 aromatic heterocycles. The standard InChI is InChI=1S/C20H26N2O4S/c1-6-26-18-9-7-8-17(12-18)21-19(23)13-22(27(5,24)25)20-15(3)10-14(2)11-16(20)4/h7-12H,6,13H2,1-5H3,(H,21,23). The van der Waals surface area contributed by atoms with E-state index >= 15 is 0 Å². The fourth-order valence-electron chi connectivity index (χ4n) is 3.09. The zero-order valence-corrected chi connectivity index (χ0v) is 17.2. The van der Waals surface area contributed by atoms with Crippen LogP contribution in [0.3, 0.4) is 0 Å². The Hall–Kier alpha value is -2.54. The van der Waals surface area contributed by atoms with Crippen LogP contribution in [0.1, 0.15) is 23.6 Å². The van der Waals surface area contributed by atoms with E-state index < -0.39 is 15.9 Å². The molecule has 2 rings (SSSR count). The minimum atomic E-state index is -3.63. The van der Waals surface area contributed by atoms with Gasteiger partial charge in [-0.05, 0) is 51.0 Å². The van der Waals surface area contributed by atoms with Crippen LogP contribution in [0.25, 0.3) is 0 Å². The zero-order valence-electron chi connectivity index (χ0n) is 16.4. The number of rotatable bonds is 7. The van der Waals surface area contributed by atoms with E-state index in [4.69, 9.17) is 4.74 Å². The van der Waals surface area contributed by atoms with Gasteiger partial charge in [0.15, 0.2) is 0 Å². The number of carbonyl (C=O) groups is 1. The number of ether oxygens (including phenoxy) is 1. The predicted octanol–water partition coefficient (Wildman–Crippen LogP) is 3.42. The Morgan fingerprint density at radius 1 is 1.11 bits per heavy atom. The molecule has 0 aliphatic rings. The molecule has 1 amide bonds. The first-order valence-electron chi connectivity index (χ1n) is 8.70. The first-order valence-corrected chi connectivity index (χ1v) is 10.5. The lowest BCUT2D eigenvalue weighted by Gasteiger charge is -2.26. The molecule has 0 fully saturated rings. The maximum Gasteiger partial charge on any atom is 0.245 e. The third-order valence-electron chi connectivity index (χ3n) is 4.00. The van der Waals surface area contributed by atoms with Crippen LogP contribution in [-0.4, -0.2) is 33.7 Å². The van der Waals surface area contributed by atoms with E-state index in [2.05, 4.69) is 5.32 Å². The number of hydrogen-bond acceptors (Lipinski definition) is 4. The topological polar surface area (TPSA) is 75.7 Å². The normalized spacial score (nSPS) is 11.1. The molecule has 0 heterocycles. The first-order chi connectivity index (χ1) is 12.6. The average Bonchev–Trinajstić information content (AvgIpc) is 2.52. The Balaban J connectivity index is 2.28. The van der Waals surface area contributed by atoms with Gasteiger partial charge in [0.25, 0.3) is 0 Å². The molecule has 1 N–H and O–H groups in total. The smallest absolute Gasteiger partial charge is 0.245 e. The van der Waals surface area contributed by atoms with Gasteiger partial charge in [-0.15, -0.1) is 0 Å². The molecule has 27 heavy (non-hydrogen) atoms. The largest absolute Gasteiger partial charge is 0.494 e. The lowest BCUT2D eigenvalue weighted by molar-refractivity contribution is -0.114. The van der Waals surface area contributed by atoms with E-state index in [1.807, 2.05) is 39.8 Å². The van der Waals surface area contributed by atoms with Gasteiger partial charge in [0.05, 0.1) is 18.6 Å². The number of hydrogen-bond donors (Lipinski definition) is 1. The summed E-state index contributed by atoms with van der Waals surface area (Å²) in [7, 11) is -3.63. The Kier molecular flexibility index (Phi) is 6.49. The number of carbonyl (C=O) groups excluding carboxylic acids is 1. The van der Waals surface area contributed by atoms with Gasteiger partial charge in [0.1, 0.15) is 12.3 Å². The molecule has 0 aliphatic heterocycles. The first kappa shape index (κ1) is 20.8. The maximum absolute atomic E-state index is 12.5. The van der Waals surface area contributed by atoms with Crippen molar-refractivity contribution in [3.63, 3.8) is 0 Å². The molecule has 0 saturated heterocycles. The molecule has 7 heteroatoms. The third kappa shape index (κ3) is 5.47. The molecule has 146 valence electrons. The minimum Gasteiger partial charge on any atom is -0.494 e. The van der Waals surface area contributed by atoms with Crippen molar-refractivity contribution in [2.75, 3.05) is 29.0 Å². The molecular weight excluding hydrogens is 364 g/mol. The lowest BCUT2D eigenvalue weighted by atomic mass is 10.1. The predicted molar refractivity (Wildman–Crippen MR) is 109 cm³/mol.